The van der Waals surface area contributed by atoms with Crippen molar-refractivity contribution in [3.63, 3.8) is 0 Å². The van der Waals surface area contributed by atoms with Gasteiger partial charge in [-0.25, -0.2) is 4.79 Å². The molecular weight excluding hydrogens is 184 g/mol. The number of cyclic esters (lactones) is 1. The number of ether oxygens (including phenoxy) is 1. The molecule has 0 radical (unpaired) electrons. The van der Waals surface area contributed by atoms with Crippen molar-refractivity contribution in [2.75, 3.05) is 25.4 Å². The van der Waals surface area contributed by atoms with E-state index in [2.05, 4.69) is 5.10 Å². The molecule has 0 spiro atoms. The third-order valence-electron chi connectivity index (χ3n) is 2.10. The Morgan fingerprint density at radius 2 is 2.43 bits per heavy atom. The van der Waals surface area contributed by atoms with E-state index >= 15 is 0 Å². The largest absolute Gasteiger partial charge is 0.448 e. The van der Waals surface area contributed by atoms with Gasteiger partial charge in [-0.15, -0.1) is 0 Å². The van der Waals surface area contributed by atoms with E-state index < -0.39 is 0 Å². The summed E-state index contributed by atoms with van der Waals surface area (Å²) < 4.78 is 6.50. The van der Waals surface area contributed by atoms with Crippen molar-refractivity contribution in [3.05, 3.63) is 12.4 Å². The fourth-order valence-corrected chi connectivity index (χ4v) is 1.35. The maximum atomic E-state index is 11.1. The molecule has 2 heterocycles. The summed E-state index contributed by atoms with van der Waals surface area (Å²) in [6, 6.07) is 0. The third kappa shape index (κ3) is 1.78. The van der Waals surface area contributed by atoms with E-state index in [9.17, 15) is 4.79 Å². The number of hydrogen-bond donors (Lipinski definition) is 1. The number of aromatic nitrogens is 2. The smallest absolute Gasteiger partial charge is 0.410 e. The van der Waals surface area contributed by atoms with E-state index in [1.807, 2.05) is 0 Å². The van der Waals surface area contributed by atoms with Crippen LogP contribution in [0.4, 0.5) is 10.5 Å². The highest BCUT2D eigenvalue weighted by Crippen LogP contribution is 2.04. The van der Waals surface area contributed by atoms with Gasteiger partial charge in [-0.2, -0.15) is 5.10 Å². The summed E-state index contributed by atoms with van der Waals surface area (Å²) in [6.07, 6.45) is 3.08. The fraction of sp³-hybridized carbons (Fsp3) is 0.500. The number of carbonyl (C=O) groups is 1. The van der Waals surface area contributed by atoms with Gasteiger partial charge >= 0.3 is 6.09 Å². The number of nitrogen functional groups attached to an aromatic ring is 1. The molecule has 1 saturated heterocycles. The van der Waals surface area contributed by atoms with Gasteiger partial charge in [-0.05, 0) is 0 Å². The summed E-state index contributed by atoms with van der Waals surface area (Å²) in [4.78, 5) is 12.7. The molecule has 6 heteroatoms. The van der Waals surface area contributed by atoms with Crippen LogP contribution in [-0.4, -0.2) is 40.5 Å². The Hall–Kier alpha value is -1.72. The quantitative estimate of drug-likeness (QED) is 0.733. The predicted octanol–water partition coefficient (Wildman–Crippen LogP) is -0.0825. The van der Waals surface area contributed by atoms with Crippen LogP contribution in [0.25, 0.3) is 0 Å². The molecule has 0 bridgehead atoms. The molecule has 1 aliphatic heterocycles. The van der Waals surface area contributed by atoms with E-state index in [0.717, 1.165) is 0 Å². The first kappa shape index (κ1) is 8.86. The first-order valence-electron chi connectivity index (χ1n) is 4.45. The SMILES string of the molecule is Nc1cnn(CCN2CCOC2=O)c1. The molecule has 1 aromatic heterocycles. The number of rotatable bonds is 3. The topological polar surface area (TPSA) is 73.4 Å². The van der Waals surface area contributed by atoms with Gasteiger partial charge in [0.05, 0.1) is 25.0 Å². The Labute approximate surface area is 81.2 Å². The van der Waals surface area contributed by atoms with Gasteiger partial charge in [0.25, 0.3) is 0 Å². The van der Waals surface area contributed by atoms with E-state index in [1.165, 1.54) is 0 Å². The minimum Gasteiger partial charge on any atom is -0.448 e. The van der Waals surface area contributed by atoms with Crippen molar-refractivity contribution in [1.82, 2.24) is 14.7 Å². The molecule has 1 aromatic rings. The molecule has 14 heavy (non-hydrogen) atoms. The lowest BCUT2D eigenvalue weighted by atomic mass is 10.5. The monoisotopic (exact) mass is 196 g/mol. The van der Waals surface area contributed by atoms with Crippen LogP contribution in [0.5, 0.6) is 0 Å². The Morgan fingerprint density at radius 1 is 1.57 bits per heavy atom. The van der Waals surface area contributed by atoms with Gasteiger partial charge in [0.2, 0.25) is 0 Å². The normalized spacial score (nSPS) is 16.0. The first-order valence-corrected chi connectivity index (χ1v) is 4.45. The lowest BCUT2D eigenvalue weighted by Crippen LogP contribution is -2.28. The second-order valence-electron chi connectivity index (χ2n) is 3.14. The van der Waals surface area contributed by atoms with E-state index in [-0.39, 0.29) is 6.09 Å². The van der Waals surface area contributed by atoms with E-state index in [4.69, 9.17) is 10.5 Å². The zero-order chi connectivity index (χ0) is 9.97. The lowest BCUT2D eigenvalue weighted by Gasteiger charge is -2.11. The van der Waals surface area contributed by atoms with Crippen molar-refractivity contribution in [3.8, 4) is 0 Å². The summed E-state index contributed by atoms with van der Waals surface area (Å²) in [7, 11) is 0. The average molecular weight is 196 g/mol. The number of hydrogen-bond acceptors (Lipinski definition) is 4. The van der Waals surface area contributed by atoms with Crippen molar-refractivity contribution in [2.45, 2.75) is 6.54 Å². The number of nitrogens with zero attached hydrogens (tertiary/aromatic N) is 3. The van der Waals surface area contributed by atoms with Crippen LogP contribution in [-0.2, 0) is 11.3 Å². The van der Waals surface area contributed by atoms with Crippen LogP contribution in [0.2, 0.25) is 0 Å². The van der Waals surface area contributed by atoms with Crippen molar-refractivity contribution in [1.29, 1.82) is 0 Å². The Kier molecular flexibility index (Phi) is 2.26. The van der Waals surface area contributed by atoms with E-state index in [0.29, 0.717) is 31.9 Å². The molecule has 2 rings (SSSR count). The molecule has 0 atom stereocenters. The molecular formula is C8H12N4O2. The van der Waals surface area contributed by atoms with Crippen LogP contribution < -0.4 is 5.73 Å². The number of nitrogens with two attached hydrogens (primary N) is 1. The Morgan fingerprint density at radius 3 is 3.00 bits per heavy atom. The summed E-state index contributed by atoms with van der Waals surface area (Å²) in [6.45, 7) is 2.40. The van der Waals surface area contributed by atoms with Crippen LogP contribution in [0.15, 0.2) is 12.4 Å². The number of amides is 1. The molecule has 0 saturated carbocycles. The average Bonchev–Trinajstić information content (AvgIpc) is 2.72. The highest BCUT2D eigenvalue weighted by atomic mass is 16.6. The second kappa shape index (κ2) is 3.57. The van der Waals surface area contributed by atoms with Gasteiger partial charge in [0.1, 0.15) is 6.61 Å². The highest BCUT2D eigenvalue weighted by molar-refractivity contribution is 5.69. The number of carbonyl (C=O) groups excluding carboxylic acids is 1. The molecule has 0 unspecified atom stereocenters. The molecule has 0 aliphatic carbocycles. The van der Waals surface area contributed by atoms with Crippen molar-refractivity contribution < 1.29 is 9.53 Å². The zero-order valence-electron chi connectivity index (χ0n) is 7.72. The molecule has 0 aromatic carbocycles. The molecule has 1 aliphatic rings. The van der Waals surface area contributed by atoms with Gasteiger partial charge in [-0.1, -0.05) is 0 Å². The molecule has 1 amide bonds. The fourth-order valence-electron chi connectivity index (χ4n) is 1.35. The lowest BCUT2D eigenvalue weighted by molar-refractivity contribution is 0.157. The maximum Gasteiger partial charge on any atom is 0.410 e. The van der Waals surface area contributed by atoms with Gasteiger partial charge < -0.3 is 15.4 Å². The Bertz CT molecular complexity index is 336. The minimum absolute atomic E-state index is 0.245. The zero-order valence-corrected chi connectivity index (χ0v) is 7.72. The summed E-state index contributed by atoms with van der Waals surface area (Å²) in [5.41, 5.74) is 6.13. The maximum absolute atomic E-state index is 11.1. The summed E-state index contributed by atoms with van der Waals surface area (Å²) in [5, 5.41) is 4.01. The predicted molar refractivity (Wildman–Crippen MR) is 49.6 cm³/mol. The minimum atomic E-state index is -0.245. The second-order valence-corrected chi connectivity index (χ2v) is 3.14. The van der Waals surface area contributed by atoms with Gasteiger partial charge in [0, 0.05) is 12.7 Å². The molecule has 6 nitrogen and oxygen atoms in total. The van der Waals surface area contributed by atoms with Crippen LogP contribution in [0.1, 0.15) is 0 Å². The summed E-state index contributed by atoms with van der Waals surface area (Å²) >= 11 is 0. The highest BCUT2D eigenvalue weighted by Gasteiger charge is 2.21. The number of anilines is 1. The third-order valence-corrected chi connectivity index (χ3v) is 2.10. The van der Waals surface area contributed by atoms with Gasteiger partial charge in [-0.3, -0.25) is 4.68 Å². The Balaban J connectivity index is 1.85. The first-order chi connectivity index (χ1) is 6.75. The van der Waals surface area contributed by atoms with Gasteiger partial charge in [0.15, 0.2) is 0 Å². The standard InChI is InChI=1S/C8H12N4O2/c9-7-5-10-12(6-7)2-1-11-3-4-14-8(11)13/h5-6H,1-4,9H2. The van der Waals surface area contributed by atoms with Crippen molar-refractivity contribution >= 4 is 11.8 Å². The molecule has 2 N–H and O–H groups in total. The van der Waals surface area contributed by atoms with Crippen LogP contribution in [0.3, 0.4) is 0 Å². The van der Waals surface area contributed by atoms with Crippen molar-refractivity contribution in [2.24, 2.45) is 0 Å². The van der Waals surface area contributed by atoms with Crippen LogP contribution in [0, 0.1) is 0 Å². The molecule has 76 valence electrons. The van der Waals surface area contributed by atoms with Crippen LogP contribution >= 0.6 is 0 Å². The molecule has 1 fully saturated rings. The summed E-state index contributed by atoms with van der Waals surface area (Å²) in [5.74, 6) is 0. The van der Waals surface area contributed by atoms with E-state index in [1.54, 1.807) is 22.0 Å².